The Morgan fingerprint density at radius 3 is 2.40 bits per heavy atom. The van der Waals surface area contributed by atoms with Gasteiger partial charge in [0, 0.05) is 38.3 Å². The fraction of sp³-hybridized carbons (Fsp3) is 0.632. The van der Waals surface area contributed by atoms with Gasteiger partial charge in [-0.2, -0.15) is 0 Å². The molecular weight excluding hydrogens is 318 g/mol. The number of carbonyl (C=O) groups excluding carboxylic acids is 1. The highest BCUT2D eigenvalue weighted by Crippen LogP contribution is 2.29. The zero-order chi connectivity index (χ0) is 17.6. The lowest BCUT2D eigenvalue weighted by molar-refractivity contribution is 0.0943. The van der Waals surface area contributed by atoms with Crippen LogP contribution in [-0.2, 0) is 0 Å². The molecule has 138 valence electrons. The minimum atomic E-state index is -0.0742. The molecule has 1 heterocycles. The third-order valence-corrected chi connectivity index (χ3v) is 5.34. The van der Waals surface area contributed by atoms with Crippen LogP contribution in [0.4, 0.5) is 10.5 Å². The van der Waals surface area contributed by atoms with Gasteiger partial charge in [-0.1, -0.05) is 19.3 Å². The van der Waals surface area contributed by atoms with Gasteiger partial charge in [-0.25, -0.2) is 4.79 Å². The summed E-state index contributed by atoms with van der Waals surface area (Å²) >= 11 is 0. The van der Waals surface area contributed by atoms with Crippen molar-refractivity contribution in [3.05, 3.63) is 18.2 Å². The normalized spacial score (nSPS) is 19.5. The lowest BCUT2D eigenvalue weighted by atomic mass is 9.94. The van der Waals surface area contributed by atoms with E-state index in [1.54, 1.807) is 26.4 Å². The van der Waals surface area contributed by atoms with Gasteiger partial charge in [-0.05, 0) is 25.0 Å². The summed E-state index contributed by atoms with van der Waals surface area (Å²) in [5, 5.41) is 2.96. The molecule has 0 atom stereocenters. The Labute approximate surface area is 150 Å². The number of amides is 2. The van der Waals surface area contributed by atoms with Gasteiger partial charge < -0.3 is 19.7 Å². The maximum Gasteiger partial charge on any atom is 0.322 e. The number of hydrogen-bond acceptors (Lipinski definition) is 4. The first-order chi connectivity index (χ1) is 12.2. The van der Waals surface area contributed by atoms with Crippen molar-refractivity contribution < 1.29 is 14.3 Å². The Kier molecular flexibility index (Phi) is 6.02. The molecule has 1 aromatic rings. The second kappa shape index (κ2) is 8.43. The summed E-state index contributed by atoms with van der Waals surface area (Å²) in [4.78, 5) is 17.1. The fourth-order valence-electron chi connectivity index (χ4n) is 3.84. The predicted molar refractivity (Wildman–Crippen MR) is 98.6 cm³/mol. The first-order valence-electron chi connectivity index (χ1n) is 9.23. The largest absolute Gasteiger partial charge is 0.497 e. The quantitative estimate of drug-likeness (QED) is 0.909. The van der Waals surface area contributed by atoms with Gasteiger partial charge in [0.2, 0.25) is 0 Å². The molecule has 1 aliphatic heterocycles. The number of benzene rings is 1. The van der Waals surface area contributed by atoms with Crippen molar-refractivity contribution in [1.29, 1.82) is 0 Å². The molecule has 25 heavy (non-hydrogen) atoms. The smallest absolute Gasteiger partial charge is 0.322 e. The molecule has 6 nitrogen and oxygen atoms in total. The van der Waals surface area contributed by atoms with E-state index in [2.05, 4.69) is 10.2 Å². The van der Waals surface area contributed by atoms with Crippen LogP contribution in [0.3, 0.4) is 0 Å². The monoisotopic (exact) mass is 347 g/mol. The van der Waals surface area contributed by atoms with Gasteiger partial charge >= 0.3 is 6.03 Å². The average molecular weight is 347 g/mol. The molecule has 0 aromatic heterocycles. The maximum atomic E-state index is 12.6. The highest BCUT2D eigenvalue weighted by atomic mass is 16.5. The van der Waals surface area contributed by atoms with E-state index in [0.29, 0.717) is 17.2 Å². The van der Waals surface area contributed by atoms with Gasteiger partial charge in [0.1, 0.15) is 11.5 Å². The molecule has 2 amide bonds. The van der Waals surface area contributed by atoms with Crippen LogP contribution in [0.1, 0.15) is 32.1 Å². The van der Waals surface area contributed by atoms with Crippen LogP contribution in [0.5, 0.6) is 11.5 Å². The van der Waals surface area contributed by atoms with E-state index in [9.17, 15) is 4.79 Å². The second-order valence-electron chi connectivity index (χ2n) is 6.81. The van der Waals surface area contributed by atoms with Crippen LogP contribution in [0, 0.1) is 0 Å². The molecule has 1 aromatic carbocycles. The van der Waals surface area contributed by atoms with E-state index in [4.69, 9.17) is 9.47 Å². The first-order valence-corrected chi connectivity index (χ1v) is 9.23. The number of anilines is 1. The molecule has 2 aliphatic rings. The Bertz CT molecular complexity index is 579. The summed E-state index contributed by atoms with van der Waals surface area (Å²) in [6, 6.07) is 6.05. The number of urea groups is 1. The number of nitrogens with zero attached hydrogens (tertiary/aromatic N) is 2. The summed E-state index contributed by atoms with van der Waals surface area (Å²) in [6.07, 6.45) is 6.70. The zero-order valence-corrected chi connectivity index (χ0v) is 15.3. The number of rotatable bonds is 4. The molecule has 0 radical (unpaired) electrons. The molecule has 6 heteroatoms. The first kappa shape index (κ1) is 17.9. The van der Waals surface area contributed by atoms with Crippen molar-refractivity contribution in [3.63, 3.8) is 0 Å². The minimum absolute atomic E-state index is 0.0742. The van der Waals surface area contributed by atoms with Crippen LogP contribution in [0.15, 0.2) is 18.2 Å². The molecule has 2 fully saturated rings. The molecule has 0 spiro atoms. The van der Waals surface area contributed by atoms with Gasteiger partial charge in [0.15, 0.2) is 0 Å². The number of nitrogens with one attached hydrogen (secondary N) is 1. The Balaban J connectivity index is 1.56. The van der Waals surface area contributed by atoms with E-state index in [-0.39, 0.29) is 6.03 Å². The zero-order valence-electron chi connectivity index (χ0n) is 15.3. The van der Waals surface area contributed by atoms with E-state index < -0.39 is 0 Å². The lowest BCUT2D eigenvalue weighted by Crippen LogP contribution is -2.53. The van der Waals surface area contributed by atoms with E-state index in [1.165, 1.54) is 32.1 Å². The fourth-order valence-corrected chi connectivity index (χ4v) is 3.84. The summed E-state index contributed by atoms with van der Waals surface area (Å²) in [7, 11) is 3.21. The van der Waals surface area contributed by atoms with Gasteiger partial charge in [-0.3, -0.25) is 4.90 Å². The molecule has 1 saturated heterocycles. The van der Waals surface area contributed by atoms with Crippen LogP contribution in [-0.4, -0.2) is 62.3 Å². The van der Waals surface area contributed by atoms with Gasteiger partial charge in [0.25, 0.3) is 0 Å². The van der Waals surface area contributed by atoms with E-state index >= 15 is 0 Å². The van der Waals surface area contributed by atoms with Crippen molar-refractivity contribution in [2.75, 3.05) is 45.7 Å². The summed E-state index contributed by atoms with van der Waals surface area (Å²) in [5.41, 5.74) is 0.640. The standard InChI is InChI=1S/C19H29N3O3/c1-24-16-8-9-18(25-2)17(14-16)20-19(23)22-12-10-21(11-13-22)15-6-4-3-5-7-15/h8-9,14-15H,3-7,10-13H2,1-2H3,(H,20,23). The molecule has 0 bridgehead atoms. The van der Waals surface area contributed by atoms with Crippen LogP contribution in [0.2, 0.25) is 0 Å². The van der Waals surface area contributed by atoms with Crippen molar-refractivity contribution >= 4 is 11.7 Å². The molecule has 0 unspecified atom stereocenters. The highest BCUT2D eigenvalue weighted by Gasteiger charge is 2.27. The maximum absolute atomic E-state index is 12.6. The third-order valence-electron chi connectivity index (χ3n) is 5.34. The summed E-state index contributed by atoms with van der Waals surface area (Å²) < 4.78 is 10.6. The average Bonchev–Trinajstić information content (AvgIpc) is 2.68. The van der Waals surface area contributed by atoms with Gasteiger partial charge in [-0.15, -0.1) is 0 Å². The van der Waals surface area contributed by atoms with Crippen molar-refractivity contribution in [2.24, 2.45) is 0 Å². The number of methoxy groups -OCH3 is 2. The minimum Gasteiger partial charge on any atom is -0.497 e. The van der Waals surface area contributed by atoms with Crippen LogP contribution >= 0.6 is 0 Å². The van der Waals surface area contributed by atoms with E-state index in [0.717, 1.165) is 32.2 Å². The molecule has 1 aliphatic carbocycles. The van der Waals surface area contributed by atoms with Crippen molar-refractivity contribution in [2.45, 2.75) is 38.1 Å². The predicted octanol–water partition coefficient (Wildman–Crippen LogP) is 3.19. The Hall–Kier alpha value is -1.95. The number of hydrogen-bond donors (Lipinski definition) is 1. The Morgan fingerprint density at radius 1 is 1.04 bits per heavy atom. The summed E-state index contributed by atoms with van der Waals surface area (Å²) in [6.45, 7) is 3.48. The van der Waals surface area contributed by atoms with Crippen LogP contribution in [0.25, 0.3) is 0 Å². The van der Waals surface area contributed by atoms with Crippen LogP contribution < -0.4 is 14.8 Å². The summed E-state index contributed by atoms with van der Waals surface area (Å²) in [5.74, 6) is 1.33. The Morgan fingerprint density at radius 2 is 1.76 bits per heavy atom. The van der Waals surface area contributed by atoms with Crippen molar-refractivity contribution in [1.82, 2.24) is 9.80 Å². The molecule has 1 N–H and O–H groups in total. The van der Waals surface area contributed by atoms with Gasteiger partial charge in [0.05, 0.1) is 19.9 Å². The third kappa shape index (κ3) is 4.37. The topological polar surface area (TPSA) is 54.0 Å². The molecule has 1 saturated carbocycles. The van der Waals surface area contributed by atoms with E-state index in [1.807, 2.05) is 11.0 Å². The number of piperazine rings is 1. The molecule has 3 rings (SSSR count). The molecular formula is C19H29N3O3. The van der Waals surface area contributed by atoms with Crippen molar-refractivity contribution in [3.8, 4) is 11.5 Å². The highest BCUT2D eigenvalue weighted by molar-refractivity contribution is 5.91. The SMILES string of the molecule is COc1ccc(OC)c(NC(=O)N2CCN(C3CCCCC3)CC2)c1. The second-order valence-corrected chi connectivity index (χ2v) is 6.81. The number of ether oxygens (including phenoxy) is 2. The lowest BCUT2D eigenvalue weighted by Gasteiger charge is -2.40. The number of carbonyl (C=O) groups is 1.